The second-order valence-corrected chi connectivity index (χ2v) is 10.4. The van der Waals surface area contributed by atoms with Crippen molar-refractivity contribution in [1.82, 2.24) is 0 Å². The second-order valence-electron chi connectivity index (χ2n) is 10.4. The van der Waals surface area contributed by atoms with Gasteiger partial charge < -0.3 is 20.1 Å². The van der Waals surface area contributed by atoms with Gasteiger partial charge in [-0.15, -0.1) is 0 Å². The molecule has 4 unspecified atom stereocenters. The monoisotopic (exact) mass is 364 g/mol. The molecule has 0 spiro atoms. The molecule has 4 aliphatic carbocycles. The van der Waals surface area contributed by atoms with Crippen molar-refractivity contribution in [3.63, 3.8) is 0 Å². The summed E-state index contributed by atoms with van der Waals surface area (Å²) >= 11 is 0. The van der Waals surface area contributed by atoms with Crippen LogP contribution in [0.5, 0.6) is 0 Å². The molecule has 0 aromatic carbocycles. The van der Waals surface area contributed by atoms with Crippen molar-refractivity contribution in [3.05, 3.63) is 0 Å². The molecule has 0 heterocycles. The van der Waals surface area contributed by atoms with Gasteiger partial charge in [-0.05, 0) is 86.9 Å². The summed E-state index contributed by atoms with van der Waals surface area (Å²) in [5.41, 5.74) is -0.958. The Bertz CT molecular complexity index is 564. The minimum absolute atomic E-state index is 0.139. The average molecular weight is 365 g/mol. The topological polar surface area (TPSA) is 77.8 Å². The minimum atomic E-state index is -0.738. The standard InChI is InChI=1S/C22H36O4/c1-20-13-14(4-3-11-23)18(24)12-15(20)5-6-17-16(20)7-9-21(2)19(25)8-10-22(17,21)26/h11,14-19,24-26H,3-10,12-13H2,1-2H3/t14?,15?,16-,17-,18?,19?,20+,21-,22-/m1/s1. The fourth-order valence-electron chi connectivity index (χ4n) is 7.94. The Balaban J connectivity index is 1.62. The van der Waals surface area contributed by atoms with Gasteiger partial charge in [0.1, 0.15) is 6.29 Å². The van der Waals surface area contributed by atoms with Crippen LogP contribution in [0.25, 0.3) is 0 Å². The second kappa shape index (κ2) is 6.28. The summed E-state index contributed by atoms with van der Waals surface area (Å²) in [6, 6.07) is 0. The molecule has 4 aliphatic rings. The summed E-state index contributed by atoms with van der Waals surface area (Å²) in [4.78, 5) is 10.8. The smallest absolute Gasteiger partial charge is 0.120 e. The first kappa shape index (κ1) is 18.9. The van der Waals surface area contributed by atoms with E-state index in [1.165, 1.54) is 0 Å². The third kappa shape index (κ3) is 2.41. The van der Waals surface area contributed by atoms with Crippen molar-refractivity contribution in [2.45, 2.75) is 95.9 Å². The van der Waals surface area contributed by atoms with Crippen molar-refractivity contribution >= 4 is 6.29 Å². The maximum absolute atomic E-state index is 11.7. The SMILES string of the molecule is C[C@]12CC(CCC=O)C(O)CC1CC[C@@H]1[C@H]2CC[C@]2(C)C(O)CC[C@@]12O. The number of hydrogen-bond donors (Lipinski definition) is 3. The predicted molar refractivity (Wildman–Crippen MR) is 99.4 cm³/mol. The Kier molecular flexibility index (Phi) is 4.57. The van der Waals surface area contributed by atoms with E-state index in [2.05, 4.69) is 13.8 Å². The van der Waals surface area contributed by atoms with E-state index in [1.807, 2.05) is 0 Å². The molecule has 0 amide bonds. The Morgan fingerprint density at radius 2 is 1.81 bits per heavy atom. The Morgan fingerprint density at radius 3 is 2.54 bits per heavy atom. The third-order valence-electron chi connectivity index (χ3n) is 9.63. The number of aliphatic hydroxyl groups is 3. The van der Waals surface area contributed by atoms with Gasteiger partial charge in [0.15, 0.2) is 0 Å². The van der Waals surface area contributed by atoms with Gasteiger partial charge in [-0.3, -0.25) is 0 Å². The average Bonchev–Trinajstić information content (AvgIpc) is 2.85. The molecule has 0 aromatic heterocycles. The van der Waals surface area contributed by atoms with Crippen LogP contribution in [0.1, 0.15) is 78.1 Å². The molecule has 3 N–H and O–H groups in total. The highest BCUT2D eigenvalue weighted by Gasteiger charge is 2.67. The molecule has 4 fully saturated rings. The lowest BCUT2D eigenvalue weighted by molar-refractivity contribution is -0.221. The summed E-state index contributed by atoms with van der Waals surface area (Å²) < 4.78 is 0. The fraction of sp³-hybridized carbons (Fsp3) is 0.955. The van der Waals surface area contributed by atoms with Crippen LogP contribution >= 0.6 is 0 Å². The van der Waals surface area contributed by atoms with Crippen molar-refractivity contribution in [2.75, 3.05) is 0 Å². The molecule has 9 atom stereocenters. The molecule has 26 heavy (non-hydrogen) atoms. The van der Waals surface area contributed by atoms with Gasteiger partial charge in [0.05, 0.1) is 17.8 Å². The first-order valence-electron chi connectivity index (χ1n) is 10.8. The van der Waals surface area contributed by atoms with Crippen LogP contribution < -0.4 is 0 Å². The van der Waals surface area contributed by atoms with E-state index in [9.17, 15) is 20.1 Å². The van der Waals surface area contributed by atoms with Crippen LogP contribution in [0.3, 0.4) is 0 Å². The molecule has 4 rings (SSSR count). The number of hydrogen-bond acceptors (Lipinski definition) is 4. The van der Waals surface area contributed by atoms with E-state index >= 15 is 0 Å². The lowest BCUT2D eigenvalue weighted by Gasteiger charge is -2.64. The maximum atomic E-state index is 11.7. The van der Waals surface area contributed by atoms with Crippen LogP contribution in [0.4, 0.5) is 0 Å². The van der Waals surface area contributed by atoms with Gasteiger partial charge in [0.25, 0.3) is 0 Å². The van der Waals surface area contributed by atoms with E-state index in [1.54, 1.807) is 0 Å². The van der Waals surface area contributed by atoms with Gasteiger partial charge in [-0.1, -0.05) is 13.8 Å². The Hall–Kier alpha value is -0.450. The zero-order valence-electron chi connectivity index (χ0n) is 16.4. The minimum Gasteiger partial charge on any atom is -0.393 e. The number of aldehydes is 1. The van der Waals surface area contributed by atoms with Crippen LogP contribution in [-0.4, -0.2) is 39.4 Å². The lowest BCUT2D eigenvalue weighted by atomic mass is 9.43. The van der Waals surface area contributed by atoms with E-state index < -0.39 is 5.60 Å². The number of rotatable bonds is 3. The Morgan fingerprint density at radius 1 is 1.04 bits per heavy atom. The highest BCUT2D eigenvalue weighted by molar-refractivity contribution is 5.49. The van der Waals surface area contributed by atoms with Crippen molar-refractivity contribution in [3.8, 4) is 0 Å². The van der Waals surface area contributed by atoms with Gasteiger partial charge >= 0.3 is 0 Å². The quantitative estimate of drug-likeness (QED) is 0.673. The number of carbonyl (C=O) groups excluding carboxylic acids is 1. The highest BCUT2D eigenvalue weighted by Crippen LogP contribution is 2.68. The van der Waals surface area contributed by atoms with Crippen molar-refractivity contribution in [2.24, 2.45) is 34.5 Å². The first-order chi connectivity index (χ1) is 12.3. The summed E-state index contributed by atoms with van der Waals surface area (Å²) in [6.45, 7) is 4.50. The first-order valence-corrected chi connectivity index (χ1v) is 10.8. The van der Waals surface area contributed by atoms with Crippen LogP contribution in [-0.2, 0) is 4.79 Å². The van der Waals surface area contributed by atoms with Gasteiger partial charge in [0.2, 0.25) is 0 Å². The summed E-state index contributed by atoms with van der Waals surface area (Å²) in [6.07, 6.45) is 8.96. The molecule has 0 aliphatic heterocycles. The molecular formula is C22H36O4. The van der Waals surface area contributed by atoms with Crippen molar-refractivity contribution < 1.29 is 20.1 Å². The summed E-state index contributed by atoms with van der Waals surface area (Å²) in [5.74, 6) is 1.46. The van der Waals surface area contributed by atoms with E-state index in [4.69, 9.17) is 0 Å². The maximum Gasteiger partial charge on any atom is 0.120 e. The zero-order valence-corrected chi connectivity index (χ0v) is 16.4. The largest absolute Gasteiger partial charge is 0.393 e. The number of fused-ring (bicyclic) bond motifs is 5. The molecule has 4 heteroatoms. The molecule has 0 radical (unpaired) electrons. The highest BCUT2D eigenvalue weighted by atomic mass is 16.3. The van der Waals surface area contributed by atoms with Gasteiger partial charge in [-0.2, -0.15) is 0 Å². The molecule has 4 nitrogen and oxygen atoms in total. The molecule has 0 saturated heterocycles. The normalized spacial score (nSPS) is 56.3. The zero-order chi connectivity index (χ0) is 18.7. The molecular weight excluding hydrogens is 328 g/mol. The third-order valence-corrected chi connectivity index (χ3v) is 9.63. The molecule has 148 valence electrons. The van der Waals surface area contributed by atoms with Crippen molar-refractivity contribution in [1.29, 1.82) is 0 Å². The molecule has 0 aromatic rings. The van der Waals surface area contributed by atoms with Gasteiger partial charge in [-0.25, -0.2) is 0 Å². The van der Waals surface area contributed by atoms with Crippen LogP contribution in [0, 0.1) is 34.5 Å². The molecule has 0 bridgehead atoms. The van der Waals surface area contributed by atoms with E-state index in [0.717, 1.165) is 64.1 Å². The van der Waals surface area contributed by atoms with Crippen LogP contribution in [0.2, 0.25) is 0 Å². The van der Waals surface area contributed by atoms with E-state index in [-0.39, 0.29) is 34.9 Å². The summed E-state index contributed by atoms with van der Waals surface area (Å²) in [7, 11) is 0. The van der Waals surface area contributed by atoms with E-state index in [0.29, 0.717) is 18.3 Å². The molecule has 4 saturated carbocycles. The number of aliphatic hydroxyl groups excluding tert-OH is 2. The summed E-state index contributed by atoms with van der Waals surface area (Å²) in [5, 5.41) is 33.0. The fourth-order valence-corrected chi connectivity index (χ4v) is 7.94. The predicted octanol–water partition coefficient (Wildman–Crippen LogP) is 3.07. The lowest BCUT2D eigenvalue weighted by Crippen LogP contribution is -2.63. The number of carbonyl (C=O) groups is 1. The van der Waals surface area contributed by atoms with Crippen LogP contribution in [0.15, 0.2) is 0 Å². The Labute approximate surface area is 157 Å². The van der Waals surface area contributed by atoms with Gasteiger partial charge in [0, 0.05) is 11.8 Å².